The number of benzene rings is 1. The molecule has 0 saturated carbocycles. The van der Waals surface area contributed by atoms with Gasteiger partial charge in [0.2, 0.25) is 0 Å². The first-order valence-electron chi connectivity index (χ1n) is 5.67. The van der Waals surface area contributed by atoms with Crippen LogP contribution in [0.3, 0.4) is 0 Å². The van der Waals surface area contributed by atoms with Crippen molar-refractivity contribution in [3.63, 3.8) is 0 Å². The van der Waals surface area contributed by atoms with Crippen molar-refractivity contribution in [2.24, 2.45) is 0 Å². The Bertz CT molecular complexity index is 490. The number of alkyl halides is 3. The summed E-state index contributed by atoms with van der Waals surface area (Å²) in [5.41, 5.74) is 3.86. The van der Waals surface area contributed by atoms with E-state index in [0.29, 0.717) is 12.1 Å². The van der Waals surface area contributed by atoms with Gasteiger partial charge < -0.3 is 20.7 Å². The van der Waals surface area contributed by atoms with E-state index in [-0.39, 0.29) is 17.9 Å². The number of carbonyl (C=O) groups is 1. The molecule has 5 nitrogen and oxygen atoms in total. The predicted molar refractivity (Wildman–Crippen MR) is 63.5 cm³/mol. The van der Waals surface area contributed by atoms with Gasteiger partial charge in [-0.25, -0.2) is 4.79 Å². The molecule has 0 aliphatic rings. The maximum Gasteiger partial charge on any atom is 0.416 e. The van der Waals surface area contributed by atoms with Gasteiger partial charge in [0.15, 0.2) is 6.10 Å². The molecule has 0 saturated heterocycles. The second-order valence-electron chi connectivity index (χ2n) is 3.98. The number of ether oxygens (including phenoxy) is 1. The summed E-state index contributed by atoms with van der Waals surface area (Å²) in [4.78, 5) is 11.2. The van der Waals surface area contributed by atoms with Crippen LogP contribution in [0.1, 0.15) is 24.2 Å². The zero-order valence-corrected chi connectivity index (χ0v) is 10.5. The Labute approximate surface area is 112 Å². The molecule has 1 aromatic rings. The highest BCUT2D eigenvalue weighted by Crippen LogP contribution is 2.33. The van der Waals surface area contributed by atoms with Crippen molar-refractivity contribution in [3.05, 3.63) is 29.3 Å². The molecule has 20 heavy (non-hydrogen) atoms. The molecule has 0 radical (unpaired) electrons. The van der Waals surface area contributed by atoms with Crippen LogP contribution in [0.15, 0.2) is 18.2 Å². The lowest BCUT2D eigenvalue weighted by molar-refractivity contribution is -0.159. The molecule has 0 heterocycles. The smallest absolute Gasteiger partial charge is 0.416 e. The van der Waals surface area contributed by atoms with Gasteiger partial charge in [0, 0.05) is 11.3 Å². The lowest BCUT2D eigenvalue weighted by Gasteiger charge is -2.19. The van der Waals surface area contributed by atoms with Gasteiger partial charge in [0.25, 0.3) is 0 Å². The van der Waals surface area contributed by atoms with Gasteiger partial charge in [-0.05, 0) is 19.1 Å². The van der Waals surface area contributed by atoms with E-state index >= 15 is 0 Å². The van der Waals surface area contributed by atoms with E-state index in [1.807, 2.05) is 0 Å². The summed E-state index contributed by atoms with van der Waals surface area (Å²) in [7, 11) is 0. The summed E-state index contributed by atoms with van der Waals surface area (Å²) in [5, 5.41) is 19.3. The summed E-state index contributed by atoms with van der Waals surface area (Å²) in [6.45, 7) is 1.49. The lowest BCUT2D eigenvalue weighted by Crippen LogP contribution is -2.30. The number of hydrogen-bond donors (Lipinski definition) is 3. The van der Waals surface area contributed by atoms with E-state index in [4.69, 9.17) is 5.73 Å². The second-order valence-corrected chi connectivity index (χ2v) is 3.98. The standard InChI is InChI=1S/C12H14F3NO4/c1-2-20-11(19)10(18)9(17)7-4-3-6(5-8(7)16)12(13,14)15/h3-5,9-10,17-18H,2,16H2,1H3. The molecular formula is C12H14F3NO4. The van der Waals surface area contributed by atoms with E-state index in [9.17, 15) is 28.2 Å². The lowest BCUT2D eigenvalue weighted by atomic mass is 10.0. The third-order valence-corrected chi connectivity index (χ3v) is 2.56. The van der Waals surface area contributed by atoms with Crippen molar-refractivity contribution < 1.29 is 32.9 Å². The molecule has 0 spiro atoms. The second kappa shape index (κ2) is 6.10. The largest absolute Gasteiger partial charge is 0.464 e. The number of halogens is 3. The first-order chi connectivity index (χ1) is 9.18. The van der Waals surface area contributed by atoms with Crippen molar-refractivity contribution in [3.8, 4) is 0 Å². The third kappa shape index (κ3) is 3.61. The highest BCUT2D eigenvalue weighted by atomic mass is 19.4. The van der Waals surface area contributed by atoms with Crippen molar-refractivity contribution in [2.45, 2.75) is 25.3 Å². The molecular weight excluding hydrogens is 279 g/mol. The molecule has 2 atom stereocenters. The van der Waals surface area contributed by atoms with E-state index in [1.54, 1.807) is 0 Å². The fraction of sp³-hybridized carbons (Fsp3) is 0.417. The first kappa shape index (κ1) is 16.3. The average Bonchev–Trinajstić information content (AvgIpc) is 2.36. The zero-order valence-electron chi connectivity index (χ0n) is 10.5. The topological polar surface area (TPSA) is 92.8 Å². The number of anilines is 1. The van der Waals surface area contributed by atoms with Crippen LogP contribution in [-0.4, -0.2) is 28.9 Å². The summed E-state index contributed by atoms with van der Waals surface area (Å²) >= 11 is 0. The molecule has 1 aromatic carbocycles. The molecule has 0 aliphatic heterocycles. The van der Waals surface area contributed by atoms with E-state index in [2.05, 4.69) is 4.74 Å². The van der Waals surface area contributed by atoms with Gasteiger partial charge in [0.1, 0.15) is 6.10 Å². The average molecular weight is 293 g/mol. The third-order valence-electron chi connectivity index (χ3n) is 2.56. The number of aliphatic hydroxyl groups excluding tert-OH is 2. The van der Waals surface area contributed by atoms with Gasteiger partial charge in [0.05, 0.1) is 12.2 Å². The fourth-order valence-electron chi connectivity index (χ4n) is 1.55. The summed E-state index contributed by atoms with van der Waals surface area (Å²) in [5.74, 6) is -1.08. The maximum absolute atomic E-state index is 12.4. The van der Waals surface area contributed by atoms with E-state index in [1.165, 1.54) is 6.92 Å². The number of nitrogens with two attached hydrogens (primary N) is 1. The normalized spacial score (nSPS) is 14.7. The fourth-order valence-corrected chi connectivity index (χ4v) is 1.55. The molecule has 0 bridgehead atoms. The number of nitrogen functional groups attached to an aromatic ring is 1. The number of carbonyl (C=O) groups excluding carboxylic acids is 1. The van der Waals surface area contributed by atoms with E-state index < -0.39 is 29.9 Å². The minimum Gasteiger partial charge on any atom is -0.464 e. The molecule has 0 aliphatic carbocycles. The number of rotatable bonds is 4. The van der Waals surface area contributed by atoms with Gasteiger partial charge in [-0.15, -0.1) is 0 Å². The van der Waals surface area contributed by atoms with Crippen molar-refractivity contribution in [2.75, 3.05) is 12.3 Å². The maximum atomic E-state index is 12.4. The van der Waals surface area contributed by atoms with E-state index in [0.717, 1.165) is 6.07 Å². The summed E-state index contributed by atoms with van der Waals surface area (Å²) < 4.78 is 41.8. The van der Waals surface area contributed by atoms with Crippen LogP contribution in [-0.2, 0) is 15.7 Å². The van der Waals surface area contributed by atoms with Crippen LogP contribution < -0.4 is 5.73 Å². The molecule has 1 rings (SSSR count). The van der Waals surface area contributed by atoms with Crippen molar-refractivity contribution in [1.82, 2.24) is 0 Å². The molecule has 0 fully saturated rings. The van der Waals surface area contributed by atoms with Crippen molar-refractivity contribution >= 4 is 11.7 Å². The van der Waals surface area contributed by atoms with Gasteiger partial charge in [-0.3, -0.25) is 0 Å². The van der Waals surface area contributed by atoms with Crippen LogP contribution in [0.2, 0.25) is 0 Å². The molecule has 0 amide bonds. The molecule has 4 N–H and O–H groups in total. The minimum absolute atomic E-state index is 0.00882. The molecule has 0 aromatic heterocycles. The van der Waals surface area contributed by atoms with Crippen LogP contribution in [0, 0.1) is 0 Å². The van der Waals surface area contributed by atoms with Crippen LogP contribution in [0.25, 0.3) is 0 Å². The predicted octanol–water partition coefficient (Wildman–Crippen LogP) is 1.24. The Morgan fingerprint density at radius 3 is 2.45 bits per heavy atom. The van der Waals surface area contributed by atoms with Gasteiger partial charge >= 0.3 is 12.1 Å². The highest BCUT2D eigenvalue weighted by molar-refractivity contribution is 5.76. The van der Waals surface area contributed by atoms with Gasteiger partial charge in [-0.2, -0.15) is 13.2 Å². The Kier molecular flexibility index (Phi) is 4.96. The van der Waals surface area contributed by atoms with Gasteiger partial charge in [-0.1, -0.05) is 6.07 Å². The summed E-state index contributed by atoms with van der Waals surface area (Å²) in [6, 6.07) is 2.23. The summed E-state index contributed by atoms with van der Waals surface area (Å²) in [6.07, 6.45) is -8.26. The Balaban J connectivity index is 3.00. The highest BCUT2D eigenvalue weighted by Gasteiger charge is 2.33. The van der Waals surface area contributed by atoms with Crippen molar-refractivity contribution in [1.29, 1.82) is 0 Å². The minimum atomic E-state index is -4.57. The Morgan fingerprint density at radius 1 is 1.40 bits per heavy atom. The monoisotopic (exact) mass is 293 g/mol. The van der Waals surface area contributed by atoms with Crippen LogP contribution in [0.4, 0.5) is 18.9 Å². The van der Waals surface area contributed by atoms with Crippen LogP contribution >= 0.6 is 0 Å². The molecule has 2 unspecified atom stereocenters. The number of aliphatic hydroxyl groups is 2. The SMILES string of the molecule is CCOC(=O)C(O)C(O)c1ccc(C(F)(F)F)cc1N. The zero-order chi connectivity index (χ0) is 15.5. The van der Waals surface area contributed by atoms with Crippen LogP contribution in [0.5, 0.6) is 0 Å². The molecule has 8 heteroatoms. The number of esters is 1. The Morgan fingerprint density at radius 2 is 2.00 bits per heavy atom. The number of hydrogen-bond acceptors (Lipinski definition) is 5. The quantitative estimate of drug-likeness (QED) is 0.574. The molecule has 112 valence electrons. The Hall–Kier alpha value is -1.80. The first-order valence-corrected chi connectivity index (χ1v) is 5.67.